The van der Waals surface area contributed by atoms with Gasteiger partial charge in [0.05, 0.1) is 16.0 Å². The number of nitrogens with zero attached hydrogens (tertiary/aromatic N) is 4. The van der Waals surface area contributed by atoms with Crippen molar-refractivity contribution in [3.63, 3.8) is 0 Å². The number of hydrogen-bond acceptors (Lipinski definition) is 6. The normalized spacial score (nSPS) is 13.6. The van der Waals surface area contributed by atoms with E-state index in [9.17, 15) is 22.4 Å². The Hall–Kier alpha value is -2.99. The topological polar surface area (TPSA) is 72.7 Å². The van der Waals surface area contributed by atoms with Crippen LogP contribution >= 0.6 is 23.1 Å². The molecule has 6 nitrogen and oxygen atoms in total. The molecule has 0 radical (unpaired) electrons. The quantitative estimate of drug-likeness (QED) is 0.235. The van der Waals surface area contributed by atoms with Crippen molar-refractivity contribution in [3.05, 3.63) is 53.6 Å². The maximum Gasteiger partial charge on any atom is 0.236 e. The molecule has 0 aliphatic heterocycles. The van der Waals surface area contributed by atoms with Crippen molar-refractivity contribution in [1.82, 2.24) is 19.7 Å². The van der Waals surface area contributed by atoms with Gasteiger partial charge < -0.3 is 5.32 Å². The predicted molar refractivity (Wildman–Crippen MR) is 113 cm³/mol. The maximum atomic E-state index is 14.2. The van der Waals surface area contributed by atoms with Crippen LogP contribution < -0.4 is 5.32 Å². The van der Waals surface area contributed by atoms with Crippen LogP contribution in [-0.2, 0) is 4.79 Å². The minimum absolute atomic E-state index is 0.0187. The van der Waals surface area contributed by atoms with Crippen molar-refractivity contribution in [1.29, 1.82) is 0 Å². The van der Waals surface area contributed by atoms with Crippen LogP contribution in [0.25, 0.3) is 21.6 Å². The molecule has 12 heteroatoms. The molecule has 2 aromatic heterocycles. The van der Waals surface area contributed by atoms with Crippen LogP contribution in [0.1, 0.15) is 18.9 Å². The number of hydrogen-bond donors (Lipinski definition) is 1. The zero-order valence-corrected chi connectivity index (χ0v) is 17.7. The van der Waals surface area contributed by atoms with E-state index >= 15 is 0 Å². The third kappa shape index (κ3) is 3.84. The highest BCUT2D eigenvalue weighted by molar-refractivity contribution is 7.99. The highest BCUT2D eigenvalue weighted by Gasteiger charge is 2.31. The van der Waals surface area contributed by atoms with Crippen LogP contribution in [0.15, 0.2) is 35.5 Å². The molecule has 1 aliphatic carbocycles. The third-order valence-corrected chi connectivity index (χ3v) is 6.65. The second-order valence-electron chi connectivity index (χ2n) is 7.08. The molecule has 0 saturated heterocycles. The van der Waals surface area contributed by atoms with Crippen LogP contribution in [0, 0.1) is 23.3 Å². The second kappa shape index (κ2) is 8.17. The number of aromatic nitrogens is 4. The van der Waals surface area contributed by atoms with E-state index in [1.807, 2.05) is 4.57 Å². The highest BCUT2D eigenvalue weighted by atomic mass is 32.2. The number of carbonyl (C=O) groups excluding carboxylic acids is 1. The Balaban J connectivity index is 1.32. The van der Waals surface area contributed by atoms with E-state index in [2.05, 4.69) is 20.5 Å². The Morgan fingerprint density at radius 2 is 1.91 bits per heavy atom. The number of thiazole rings is 1. The van der Waals surface area contributed by atoms with Crippen molar-refractivity contribution >= 4 is 44.4 Å². The first-order valence-electron chi connectivity index (χ1n) is 9.49. The minimum Gasteiger partial charge on any atom is -0.301 e. The summed E-state index contributed by atoms with van der Waals surface area (Å²) >= 11 is 1.95. The Labute approximate surface area is 186 Å². The number of anilines is 1. The Kier molecular flexibility index (Phi) is 5.33. The van der Waals surface area contributed by atoms with E-state index in [0.29, 0.717) is 16.5 Å². The molecule has 5 rings (SSSR count). The van der Waals surface area contributed by atoms with E-state index < -0.39 is 29.2 Å². The first-order chi connectivity index (χ1) is 15.4. The molecule has 1 aliphatic rings. The van der Waals surface area contributed by atoms with Gasteiger partial charge in [0.1, 0.15) is 11.3 Å². The first-order valence-corrected chi connectivity index (χ1v) is 11.3. The largest absolute Gasteiger partial charge is 0.301 e. The van der Waals surface area contributed by atoms with E-state index in [1.54, 1.807) is 18.2 Å². The Bertz CT molecular complexity index is 1350. The summed E-state index contributed by atoms with van der Waals surface area (Å²) in [6, 6.07) is 7.24. The summed E-state index contributed by atoms with van der Waals surface area (Å²) in [5.74, 6) is -4.87. The zero-order valence-electron chi connectivity index (χ0n) is 16.1. The molecule has 0 unspecified atom stereocenters. The fourth-order valence-electron chi connectivity index (χ4n) is 3.18. The van der Waals surface area contributed by atoms with Gasteiger partial charge in [-0.2, -0.15) is 0 Å². The van der Waals surface area contributed by atoms with Crippen LogP contribution in [0.2, 0.25) is 0 Å². The number of nitrogens with one attached hydrogen (secondary N) is 1. The van der Waals surface area contributed by atoms with Crippen LogP contribution in [0.4, 0.5) is 22.7 Å². The molecule has 164 valence electrons. The van der Waals surface area contributed by atoms with Gasteiger partial charge in [0.2, 0.25) is 5.91 Å². The third-order valence-electron chi connectivity index (χ3n) is 4.79. The summed E-state index contributed by atoms with van der Waals surface area (Å²) in [6.45, 7) is 0. The van der Waals surface area contributed by atoms with Gasteiger partial charge in [-0.25, -0.2) is 22.5 Å². The van der Waals surface area contributed by atoms with Crippen molar-refractivity contribution in [3.8, 4) is 11.4 Å². The van der Waals surface area contributed by atoms with Crippen LogP contribution in [-0.4, -0.2) is 31.4 Å². The fraction of sp³-hybridized carbons (Fsp3) is 0.200. The average Bonchev–Trinajstić information content (AvgIpc) is 3.40. The summed E-state index contributed by atoms with van der Waals surface area (Å²) in [7, 11) is 0. The van der Waals surface area contributed by atoms with Gasteiger partial charge in [0.15, 0.2) is 33.6 Å². The smallest absolute Gasteiger partial charge is 0.236 e. The van der Waals surface area contributed by atoms with Crippen molar-refractivity contribution < 1.29 is 22.4 Å². The molecule has 1 fully saturated rings. The van der Waals surface area contributed by atoms with Gasteiger partial charge in [0.25, 0.3) is 0 Å². The van der Waals surface area contributed by atoms with Crippen molar-refractivity contribution in [2.45, 2.75) is 24.0 Å². The second-order valence-corrected chi connectivity index (χ2v) is 9.05. The summed E-state index contributed by atoms with van der Waals surface area (Å²) in [5.41, 5.74) is -0.0148. The number of amides is 1. The minimum atomic E-state index is -1.61. The molecule has 2 aromatic carbocycles. The van der Waals surface area contributed by atoms with Crippen LogP contribution in [0.3, 0.4) is 0 Å². The number of carbonyl (C=O) groups is 1. The van der Waals surface area contributed by atoms with Gasteiger partial charge in [-0.15, -0.1) is 10.2 Å². The number of benzene rings is 2. The molecule has 2 heterocycles. The number of thioether (sulfide) groups is 1. The Morgan fingerprint density at radius 3 is 2.66 bits per heavy atom. The molecule has 0 atom stereocenters. The fourth-order valence-corrected chi connectivity index (χ4v) is 4.89. The predicted octanol–water partition coefficient (Wildman–Crippen LogP) is 5.18. The van der Waals surface area contributed by atoms with E-state index in [1.165, 1.54) is 6.07 Å². The monoisotopic (exact) mass is 479 g/mol. The lowest BCUT2D eigenvalue weighted by Crippen LogP contribution is -2.14. The van der Waals surface area contributed by atoms with Crippen molar-refractivity contribution in [2.75, 3.05) is 11.1 Å². The van der Waals surface area contributed by atoms with Gasteiger partial charge >= 0.3 is 0 Å². The number of rotatable bonds is 6. The zero-order chi connectivity index (χ0) is 22.4. The van der Waals surface area contributed by atoms with E-state index in [0.717, 1.165) is 42.0 Å². The highest BCUT2D eigenvalue weighted by Crippen LogP contribution is 2.41. The molecular formula is C20H13F4N5OS2. The standard InChI is InChI=1S/C20H13F4N5OS2/c21-11-4-2-1-3-10(11)18-27-28-20(29(18)9-5-6-9)31-8-14(30)25-19-26-17-13(32-19)7-12(22)15(23)16(17)24/h1-4,7,9H,5-6,8H2,(H,25,26,30). The van der Waals surface area contributed by atoms with Crippen molar-refractivity contribution in [2.24, 2.45) is 0 Å². The molecule has 1 amide bonds. The van der Waals surface area contributed by atoms with E-state index in [4.69, 9.17) is 0 Å². The number of fused-ring (bicyclic) bond motifs is 1. The molecule has 0 bridgehead atoms. The molecule has 0 spiro atoms. The lowest BCUT2D eigenvalue weighted by Gasteiger charge is -2.09. The average molecular weight is 479 g/mol. The van der Waals surface area contributed by atoms with Gasteiger partial charge in [-0.05, 0) is 31.0 Å². The number of halogens is 4. The Morgan fingerprint density at radius 1 is 1.12 bits per heavy atom. The molecule has 4 aromatic rings. The molecule has 1 N–H and O–H groups in total. The summed E-state index contributed by atoms with van der Waals surface area (Å²) in [6.07, 6.45) is 1.81. The van der Waals surface area contributed by atoms with Gasteiger partial charge in [0, 0.05) is 6.04 Å². The SMILES string of the molecule is O=C(CSc1nnc(-c2ccccc2F)n1C1CC1)Nc1nc2c(F)c(F)c(F)cc2s1. The first kappa shape index (κ1) is 20.9. The maximum absolute atomic E-state index is 14.2. The van der Waals surface area contributed by atoms with Gasteiger partial charge in [-0.1, -0.05) is 35.2 Å². The summed E-state index contributed by atoms with van der Waals surface area (Å²) < 4.78 is 56.8. The van der Waals surface area contributed by atoms with Crippen LogP contribution in [0.5, 0.6) is 0 Å². The lowest BCUT2D eigenvalue weighted by atomic mass is 10.2. The molecule has 1 saturated carbocycles. The van der Waals surface area contributed by atoms with Gasteiger partial charge in [-0.3, -0.25) is 9.36 Å². The lowest BCUT2D eigenvalue weighted by molar-refractivity contribution is -0.113. The molecule has 32 heavy (non-hydrogen) atoms. The molecular weight excluding hydrogens is 466 g/mol. The van der Waals surface area contributed by atoms with E-state index in [-0.39, 0.29) is 27.1 Å². The summed E-state index contributed by atoms with van der Waals surface area (Å²) in [4.78, 5) is 16.2. The summed E-state index contributed by atoms with van der Waals surface area (Å²) in [5, 5.41) is 11.2.